The fraction of sp³-hybridized carbons (Fsp3) is 0.0714. The van der Waals surface area contributed by atoms with E-state index in [1.807, 2.05) is 5.32 Å². The Morgan fingerprint density at radius 2 is 1.36 bits per heavy atom. The predicted octanol–water partition coefficient (Wildman–Crippen LogP) is 4.08. The third-order valence-corrected chi connectivity index (χ3v) is 2.87. The molecule has 2 aromatic rings. The molecule has 0 aliphatic heterocycles. The average Bonchev–Trinajstić information content (AvgIpc) is 2.47. The van der Waals surface area contributed by atoms with Crippen LogP contribution >= 0.6 is 0 Å². The lowest BCUT2D eigenvalue weighted by Crippen LogP contribution is -2.19. The van der Waals surface area contributed by atoms with E-state index in [1.54, 1.807) is 0 Å². The molecule has 0 saturated heterocycles. The fourth-order valence-electron chi connectivity index (χ4n) is 1.67. The highest BCUT2D eigenvalue weighted by molar-refractivity contribution is 6.04. The molecule has 1 amide bonds. The summed E-state index contributed by atoms with van der Waals surface area (Å²) >= 11 is 0. The van der Waals surface area contributed by atoms with Crippen LogP contribution in [0.4, 0.5) is 32.0 Å². The highest BCUT2D eigenvalue weighted by Gasteiger charge is 2.29. The van der Waals surface area contributed by atoms with Gasteiger partial charge in [0, 0.05) is 5.69 Å². The van der Waals surface area contributed by atoms with Crippen LogP contribution < -0.4 is 5.32 Å². The molecule has 116 valence electrons. The zero-order valence-corrected chi connectivity index (χ0v) is 10.9. The number of benzene rings is 2. The maximum atomic E-state index is 13.4. The number of carbonyl (C=O) groups excluding carboxylic acids is 1. The Morgan fingerprint density at radius 3 is 1.86 bits per heavy atom. The van der Waals surface area contributed by atoms with Gasteiger partial charge in [0.05, 0.1) is 0 Å². The van der Waals surface area contributed by atoms with Gasteiger partial charge in [0.25, 0.3) is 5.91 Å². The molecule has 0 saturated carbocycles. The standard InChI is InChI=1S/C14H7F6NO/c1-5-2-3-6(4-7(5)15)21-14(22)8-9(16)11(18)13(20)12(19)10(8)17/h2-4H,1H3,(H,21,22). The molecule has 0 bridgehead atoms. The molecule has 0 spiro atoms. The summed E-state index contributed by atoms with van der Waals surface area (Å²) in [5.41, 5.74) is -1.59. The highest BCUT2D eigenvalue weighted by atomic mass is 19.2. The minimum Gasteiger partial charge on any atom is -0.322 e. The molecule has 22 heavy (non-hydrogen) atoms. The highest BCUT2D eigenvalue weighted by Crippen LogP contribution is 2.24. The molecular formula is C14H7F6NO. The number of carbonyl (C=O) groups is 1. The van der Waals surface area contributed by atoms with Gasteiger partial charge in [-0.3, -0.25) is 4.79 Å². The van der Waals surface area contributed by atoms with E-state index in [2.05, 4.69) is 0 Å². The van der Waals surface area contributed by atoms with Crippen molar-refractivity contribution in [1.29, 1.82) is 0 Å². The van der Waals surface area contributed by atoms with E-state index >= 15 is 0 Å². The van der Waals surface area contributed by atoms with Crippen LogP contribution in [0, 0.1) is 41.8 Å². The molecule has 8 heteroatoms. The first-order chi connectivity index (χ1) is 10.2. The van der Waals surface area contributed by atoms with Crippen LogP contribution in [0.25, 0.3) is 0 Å². The molecule has 0 aliphatic carbocycles. The molecule has 0 aromatic heterocycles. The first-order valence-electron chi connectivity index (χ1n) is 5.83. The molecule has 2 nitrogen and oxygen atoms in total. The number of nitrogens with one attached hydrogen (secondary N) is 1. The van der Waals surface area contributed by atoms with Crippen molar-refractivity contribution in [2.24, 2.45) is 0 Å². The average molecular weight is 319 g/mol. The van der Waals surface area contributed by atoms with E-state index in [0.717, 1.165) is 6.07 Å². The van der Waals surface area contributed by atoms with Gasteiger partial charge in [0.1, 0.15) is 11.4 Å². The van der Waals surface area contributed by atoms with Gasteiger partial charge in [0.15, 0.2) is 23.3 Å². The summed E-state index contributed by atoms with van der Waals surface area (Å²) in [5, 5.41) is 1.87. The third-order valence-electron chi connectivity index (χ3n) is 2.87. The second-order valence-corrected chi connectivity index (χ2v) is 4.36. The van der Waals surface area contributed by atoms with Gasteiger partial charge in [-0.15, -0.1) is 0 Å². The lowest BCUT2D eigenvalue weighted by molar-refractivity contribution is 0.101. The lowest BCUT2D eigenvalue weighted by atomic mass is 10.1. The van der Waals surface area contributed by atoms with Crippen LogP contribution in [0.5, 0.6) is 0 Å². The third kappa shape index (κ3) is 2.63. The molecule has 0 fully saturated rings. The number of halogens is 6. The number of rotatable bonds is 2. The second-order valence-electron chi connectivity index (χ2n) is 4.36. The molecule has 0 unspecified atom stereocenters. The van der Waals surface area contributed by atoms with Gasteiger partial charge >= 0.3 is 0 Å². The number of hydrogen-bond donors (Lipinski definition) is 1. The zero-order valence-electron chi connectivity index (χ0n) is 10.9. The summed E-state index contributed by atoms with van der Waals surface area (Å²) in [5.74, 6) is -13.7. The molecule has 2 aromatic carbocycles. The van der Waals surface area contributed by atoms with Crippen molar-refractivity contribution in [3.8, 4) is 0 Å². The first-order valence-corrected chi connectivity index (χ1v) is 5.83. The largest absolute Gasteiger partial charge is 0.322 e. The van der Waals surface area contributed by atoms with Gasteiger partial charge in [-0.1, -0.05) is 6.07 Å². The molecule has 2 rings (SSSR count). The fourth-order valence-corrected chi connectivity index (χ4v) is 1.67. The van der Waals surface area contributed by atoms with E-state index in [4.69, 9.17) is 0 Å². The molecule has 0 aliphatic rings. The predicted molar refractivity (Wildman–Crippen MR) is 65.3 cm³/mol. The minimum absolute atomic E-state index is 0.197. The van der Waals surface area contributed by atoms with Crippen molar-refractivity contribution in [3.63, 3.8) is 0 Å². The monoisotopic (exact) mass is 319 g/mol. The van der Waals surface area contributed by atoms with Gasteiger partial charge in [-0.2, -0.15) is 0 Å². The van der Waals surface area contributed by atoms with Crippen molar-refractivity contribution in [2.75, 3.05) is 5.32 Å². The molecule has 0 heterocycles. The van der Waals surface area contributed by atoms with Gasteiger partial charge in [-0.05, 0) is 24.6 Å². The van der Waals surface area contributed by atoms with Crippen LogP contribution in [0.1, 0.15) is 15.9 Å². The maximum Gasteiger partial charge on any atom is 0.261 e. The zero-order chi connectivity index (χ0) is 16.6. The van der Waals surface area contributed by atoms with Crippen LogP contribution in [0.2, 0.25) is 0 Å². The minimum atomic E-state index is -2.37. The Kier molecular flexibility index (Phi) is 4.11. The quantitative estimate of drug-likeness (QED) is 0.504. The van der Waals surface area contributed by atoms with E-state index < -0.39 is 46.4 Å². The van der Waals surface area contributed by atoms with Gasteiger partial charge in [0.2, 0.25) is 5.82 Å². The van der Waals surface area contributed by atoms with E-state index in [0.29, 0.717) is 0 Å². The van der Waals surface area contributed by atoms with Crippen LogP contribution in [-0.4, -0.2) is 5.91 Å². The number of amides is 1. The Bertz CT molecular complexity index is 745. The Morgan fingerprint density at radius 1 is 0.864 bits per heavy atom. The Hall–Kier alpha value is -2.51. The van der Waals surface area contributed by atoms with Gasteiger partial charge in [-0.25, -0.2) is 26.3 Å². The van der Waals surface area contributed by atoms with Crippen molar-refractivity contribution in [2.45, 2.75) is 6.92 Å². The van der Waals surface area contributed by atoms with E-state index in [9.17, 15) is 31.1 Å². The summed E-state index contributed by atoms with van der Waals surface area (Å²) in [7, 11) is 0. The van der Waals surface area contributed by atoms with Crippen LogP contribution in [0.3, 0.4) is 0 Å². The maximum absolute atomic E-state index is 13.4. The molecule has 0 atom stereocenters. The van der Waals surface area contributed by atoms with Crippen molar-refractivity contribution in [1.82, 2.24) is 0 Å². The number of aryl methyl sites for hydroxylation is 1. The lowest BCUT2D eigenvalue weighted by Gasteiger charge is -2.09. The molecular weight excluding hydrogens is 312 g/mol. The SMILES string of the molecule is Cc1ccc(NC(=O)c2c(F)c(F)c(F)c(F)c2F)cc1F. The topological polar surface area (TPSA) is 29.1 Å². The van der Waals surface area contributed by atoms with Gasteiger partial charge < -0.3 is 5.32 Å². The summed E-state index contributed by atoms with van der Waals surface area (Å²) in [6.07, 6.45) is 0. The van der Waals surface area contributed by atoms with E-state index in [1.165, 1.54) is 19.1 Å². The molecule has 1 N–H and O–H groups in total. The Balaban J connectivity index is 2.44. The smallest absolute Gasteiger partial charge is 0.261 e. The van der Waals surface area contributed by atoms with Crippen LogP contribution in [0.15, 0.2) is 18.2 Å². The van der Waals surface area contributed by atoms with Crippen molar-refractivity contribution in [3.05, 3.63) is 64.2 Å². The Labute approximate surface area is 120 Å². The summed E-state index contributed by atoms with van der Waals surface area (Å²) in [4.78, 5) is 11.7. The van der Waals surface area contributed by atoms with E-state index in [-0.39, 0.29) is 11.3 Å². The number of hydrogen-bond acceptors (Lipinski definition) is 1. The van der Waals surface area contributed by atoms with Crippen molar-refractivity contribution < 1.29 is 31.1 Å². The summed E-state index contributed by atoms with van der Waals surface area (Å²) < 4.78 is 79.1. The summed E-state index contributed by atoms with van der Waals surface area (Å²) in [6, 6.07) is 3.32. The second kappa shape index (κ2) is 5.70. The molecule has 0 radical (unpaired) electrons. The number of anilines is 1. The van der Waals surface area contributed by atoms with Crippen LogP contribution in [-0.2, 0) is 0 Å². The normalized spacial score (nSPS) is 10.7. The van der Waals surface area contributed by atoms with Crippen molar-refractivity contribution >= 4 is 11.6 Å². The first kappa shape index (κ1) is 15.9. The summed E-state index contributed by atoms with van der Waals surface area (Å²) in [6.45, 7) is 1.44.